The maximum Gasteiger partial charge on any atom is 0.257 e. The minimum Gasteiger partial charge on any atom is -0.493 e. The number of hydrogen-bond acceptors (Lipinski definition) is 6. The molecule has 0 spiro atoms. The van der Waals surface area contributed by atoms with Gasteiger partial charge in [-0.25, -0.2) is 0 Å². The summed E-state index contributed by atoms with van der Waals surface area (Å²) in [7, 11) is 1.56. The van der Waals surface area contributed by atoms with E-state index in [0.717, 1.165) is 5.75 Å². The number of methoxy groups -OCH3 is 1. The van der Waals surface area contributed by atoms with E-state index in [1.165, 1.54) is 0 Å². The standard InChI is InChI=1S/C13H17N3O3/c1-17-11(9-14)13-15-12(16-19-13)7-8-18-10-5-3-2-4-6-10/h2-6,11H,7-9,14H2,1H3. The van der Waals surface area contributed by atoms with Crippen LogP contribution in [0.1, 0.15) is 17.8 Å². The van der Waals surface area contributed by atoms with Crippen LogP contribution in [0.4, 0.5) is 0 Å². The van der Waals surface area contributed by atoms with Gasteiger partial charge in [-0.3, -0.25) is 0 Å². The highest BCUT2D eigenvalue weighted by Gasteiger charge is 2.16. The molecule has 6 nitrogen and oxygen atoms in total. The molecule has 102 valence electrons. The Hall–Kier alpha value is -1.92. The summed E-state index contributed by atoms with van der Waals surface area (Å²) in [5.74, 6) is 1.81. The molecule has 1 unspecified atom stereocenters. The van der Waals surface area contributed by atoms with Gasteiger partial charge in [0.05, 0.1) is 6.61 Å². The first-order valence-electron chi connectivity index (χ1n) is 6.06. The highest BCUT2D eigenvalue weighted by atomic mass is 16.5. The van der Waals surface area contributed by atoms with Crippen molar-refractivity contribution < 1.29 is 14.0 Å². The Morgan fingerprint density at radius 3 is 2.79 bits per heavy atom. The Bertz CT molecular complexity index is 483. The lowest BCUT2D eigenvalue weighted by atomic mass is 10.3. The topological polar surface area (TPSA) is 83.4 Å². The number of nitrogens with zero attached hydrogens (tertiary/aromatic N) is 2. The van der Waals surface area contributed by atoms with Crippen molar-refractivity contribution in [3.63, 3.8) is 0 Å². The number of nitrogens with two attached hydrogens (primary N) is 1. The van der Waals surface area contributed by atoms with Crippen LogP contribution >= 0.6 is 0 Å². The van der Waals surface area contributed by atoms with E-state index >= 15 is 0 Å². The average Bonchev–Trinajstić information content (AvgIpc) is 2.90. The van der Waals surface area contributed by atoms with E-state index < -0.39 is 0 Å². The monoisotopic (exact) mass is 263 g/mol. The highest BCUT2D eigenvalue weighted by molar-refractivity contribution is 5.20. The Kier molecular flexibility index (Phi) is 4.88. The molecule has 0 fully saturated rings. The van der Waals surface area contributed by atoms with Gasteiger partial charge in [0, 0.05) is 20.1 Å². The van der Waals surface area contributed by atoms with Crippen LogP contribution in [0.2, 0.25) is 0 Å². The molecule has 19 heavy (non-hydrogen) atoms. The summed E-state index contributed by atoms with van der Waals surface area (Å²) in [6, 6.07) is 9.59. The first-order chi connectivity index (χ1) is 9.33. The van der Waals surface area contributed by atoms with Gasteiger partial charge in [0.25, 0.3) is 5.89 Å². The average molecular weight is 263 g/mol. The van der Waals surface area contributed by atoms with E-state index in [1.54, 1.807) is 7.11 Å². The maximum atomic E-state index is 5.55. The molecule has 0 radical (unpaired) electrons. The smallest absolute Gasteiger partial charge is 0.257 e. The number of benzene rings is 1. The zero-order valence-electron chi connectivity index (χ0n) is 10.8. The first kappa shape index (κ1) is 13.5. The molecule has 0 saturated heterocycles. The summed E-state index contributed by atoms with van der Waals surface area (Å²) < 4.78 is 15.8. The predicted molar refractivity (Wildman–Crippen MR) is 68.7 cm³/mol. The van der Waals surface area contributed by atoms with Crippen LogP contribution in [0.25, 0.3) is 0 Å². The molecule has 0 amide bonds. The highest BCUT2D eigenvalue weighted by Crippen LogP contribution is 2.13. The van der Waals surface area contributed by atoms with E-state index in [4.69, 9.17) is 19.7 Å². The largest absolute Gasteiger partial charge is 0.493 e. The van der Waals surface area contributed by atoms with Gasteiger partial charge >= 0.3 is 0 Å². The lowest BCUT2D eigenvalue weighted by Crippen LogP contribution is -2.14. The fourth-order valence-corrected chi connectivity index (χ4v) is 1.57. The Morgan fingerprint density at radius 1 is 1.32 bits per heavy atom. The lowest BCUT2D eigenvalue weighted by molar-refractivity contribution is 0.0804. The first-order valence-corrected chi connectivity index (χ1v) is 6.06. The fourth-order valence-electron chi connectivity index (χ4n) is 1.57. The SMILES string of the molecule is COC(CN)c1nc(CCOc2ccccc2)no1. The van der Waals surface area contributed by atoms with Crippen LogP contribution in [-0.2, 0) is 11.2 Å². The molecule has 0 aliphatic rings. The van der Waals surface area contributed by atoms with Crippen LogP contribution in [0.3, 0.4) is 0 Å². The number of hydrogen-bond donors (Lipinski definition) is 1. The van der Waals surface area contributed by atoms with Gasteiger partial charge in [-0.1, -0.05) is 23.4 Å². The summed E-state index contributed by atoms with van der Waals surface area (Å²) in [6.45, 7) is 0.794. The minimum absolute atomic E-state index is 0.304. The second-order valence-corrected chi connectivity index (χ2v) is 3.92. The molecule has 0 aliphatic heterocycles. The molecule has 2 aromatic rings. The van der Waals surface area contributed by atoms with Gasteiger partial charge in [0.15, 0.2) is 5.82 Å². The van der Waals surface area contributed by atoms with Crippen molar-refractivity contribution in [2.45, 2.75) is 12.5 Å². The number of rotatable bonds is 7. The van der Waals surface area contributed by atoms with Crippen molar-refractivity contribution in [2.75, 3.05) is 20.3 Å². The van der Waals surface area contributed by atoms with Crippen LogP contribution in [0.15, 0.2) is 34.9 Å². The lowest BCUT2D eigenvalue weighted by Gasteiger charge is -2.05. The molecule has 0 saturated carbocycles. The Labute approximate surface area is 111 Å². The van der Waals surface area contributed by atoms with Gasteiger partial charge in [0.1, 0.15) is 11.9 Å². The van der Waals surface area contributed by atoms with Crippen molar-refractivity contribution in [1.82, 2.24) is 10.1 Å². The summed E-state index contributed by atoms with van der Waals surface area (Å²) >= 11 is 0. The Morgan fingerprint density at radius 2 is 2.11 bits per heavy atom. The zero-order valence-corrected chi connectivity index (χ0v) is 10.8. The van der Waals surface area contributed by atoms with E-state index in [0.29, 0.717) is 31.3 Å². The molecule has 2 N–H and O–H groups in total. The van der Waals surface area contributed by atoms with Crippen LogP contribution in [0.5, 0.6) is 5.75 Å². The molecule has 2 rings (SSSR count). The normalized spacial score (nSPS) is 12.3. The number of ether oxygens (including phenoxy) is 2. The van der Waals surface area contributed by atoms with Gasteiger partial charge in [0.2, 0.25) is 0 Å². The van der Waals surface area contributed by atoms with Gasteiger partial charge in [-0.2, -0.15) is 4.98 Å². The molecule has 0 bridgehead atoms. The Balaban J connectivity index is 1.83. The molecule has 1 aromatic heterocycles. The quantitative estimate of drug-likeness (QED) is 0.811. The van der Waals surface area contributed by atoms with Crippen LogP contribution in [0, 0.1) is 0 Å². The number of aromatic nitrogens is 2. The third kappa shape index (κ3) is 3.77. The summed E-state index contributed by atoms with van der Waals surface area (Å²) in [6.07, 6.45) is 0.218. The fraction of sp³-hybridized carbons (Fsp3) is 0.385. The van der Waals surface area contributed by atoms with E-state index in [-0.39, 0.29) is 6.10 Å². The molecule has 1 heterocycles. The molecular weight excluding hydrogens is 246 g/mol. The van der Waals surface area contributed by atoms with Crippen molar-refractivity contribution in [3.05, 3.63) is 42.0 Å². The van der Waals surface area contributed by atoms with Gasteiger partial charge in [-0.05, 0) is 12.1 Å². The third-order valence-corrected chi connectivity index (χ3v) is 2.60. The zero-order chi connectivity index (χ0) is 13.5. The van der Waals surface area contributed by atoms with Crippen molar-refractivity contribution in [1.29, 1.82) is 0 Å². The van der Waals surface area contributed by atoms with E-state index in [9.17, 15) is 0 Å². The second-order valence-electron chi connectivity index (χ2n) is 3.92. The molecular formula is C13H17N3O3. The third-order valence-electron chi connectivity index (χ3n) is 2.60. The van der Waals surface area contributed by atoms with Crippen LogP contribution in [-0.4, -0.2) is 30.4 Å². The minimum atomic E-state index is -0.351. The number of para-hydroxylation sites is 1. The predicted octanol–water partition coefficient (Wildman–Crippen LogP) is 1.34. The van der Waals surface area contributed by atoms with Crippen molar-refractivity contribution in [2.24, 2.45) is 5.73 Å². The maximum absolute atomic E-state index is 5.55. The van der Waals surface area contributed by atoms with E-state index in [1.807, 2.05) is 30.3 Å². The summed E-state index contributed by atoms with van der Waals surface area (Å²) in [5, 5.41) is 3.86. The molecule has 0 aliphatic carbocycles. The van der Waals surface area contributed by atoms with Crippen LogP contribution < -0.4 is 10.5 Å². The molecule has 1 aromatic carbocycles. The van der Waals surface area contributed by atoms with Crippen molar-refractivity contribution >= 4 is 0 Å². The van der Waals surface area contributed by atoms with Gasteiger partial charge < -0.3 is 19.7 Å². The van der Waals surface area contributed by atoms with E-state index in [2.05, 4.69) is 10.1 Å². The molecule has 1 atom stereocenters. The summed E-state index contributed by atoms with van der Waals surface area (Å²) in [5.41, 5.74) is 5.52. The molecule has 6 heteroatoms. The van der Waals surface area contributed by atoms with Crippen molar-refractivity contribution in [3.8, 4) is 5.75 Å². The second kappa shape index (κ2) is 6.86. The summed E-state index contributed by atoms with van der Waals surface area (Å²) in [4.78, 5) is 4.22. The van der Waals surface area contributed by atoms with Gasteiger partial charge in [-0.15, -0.1) is 0 Å².